The predicted molar refractivity (Wildman–Crippen MR) is 88.5 cm³/mol. The first kappa shape index (κ1) is 16.5. The Balaban J connectivity index is 2.36. The van der Waals surface area contributed by atoms with E-state index in [4.69, 9.17) is 11.8 Å². The highest BCUT2D eigenvalue weighted by molar-refractivity contribution is 7.99. The highest BCUT2D eigenvalue weighted by atomic mass is 35.5. The number of rotatable bonds is 3. The van der Waals surface area contributed by atoms with Crippen molar-refractivity contribution < 1.29 is 13.2 Å². The molecule has 0 radical (unpaired) electrons. The Hall–Kier alpha value is -1.40. The van der Waals surface area contributed by atoms with Crippen molar-refractivity contribution in [2.45, 2.75) is 18.5 Å². The van der Waals surface area contributed by atoms with Gasteiger partial charge in [0.1, 0.15) is 5.41 Å². The van der Waals surface area contributed by atoms with Gasteiger partial charge < -0.3 is 0 Å². The Kier molecular flexibility index (Phi) is 4.23. The van der Waals surface area contributed by atoms with Crippen molar-refractivity contribution in [2.24, 2.45) is 0 Å². The van der Waals surface area contributed by atoms with E-state index in [1.807, 2.05) is 6.92 Å². The maximum atomic E-state index is 14.3. The summed E-state index contributed by atoms with van der Waals surface area (Å²) in [6.45, 7) is 1.85. The van der Waals surface area contributed by atoms with Gasteiger partial charge in [-0.05, 0) is 23.4 Å². The SMILES string of the molecule is CCSCC1(C(F)(F)F)c2ccccc2N(Cl)c2cnccc21. The zero-order chi connectivity index (χ0) is 16.7. The predicted octanol–water partition coefficient (Wildman–Crippen LogP) is 5.29. The third-order valence-electron chi connectivity index (χ3n) is 4.05. The van der Waals surface area contributed by atoms with E-state index < -0.39 is 11.6 Å². The minimum atomic E-state index is -4.44. The van der Waals surface area contributed by atoms with Crippen molar-refractivity contribution in [1.29, 1.82) is 0 Å². The van der Waals surface area contributed by atoms with Crippen LogP contribution in [0, 0.1) is 0 Å². The van der Waals surface area contributed by atoms with E-state index in [1.165, 1.54) is 40.7 Å². The number of hydrogen-bond donors (Lipinski definition) is 0. The van der Waals surface area contributed by atoms with Gasteiger partial charge in [-0.25, -0.2) is 0 Å². The summed E-state index contributed by atoms with van der Waals surface area (Å²) in [5, 5.41) is 0. The summed E-state index contributed by atoms with van der Waals surface area (Å²) in [6, 6.07) is 7.84. The number of fused-ring (bicyclic) bond motifs is 2. The van der Waals surface area contributed by atoms with Gasteiger partial charge in [0.05, 0.1) is 17.6 Å². The summed E-state index contributed by atoms with van der Waals surface area (Å²) in [4.78, 5) is 3.95. The molecule has 23 heavy (non-hydrogen) atoms. The van der Waals surface area contributed by atoms with Gasteiger partial charge in [0, 0.05) is 29.3 Å². The number of nitrogens with zero attached hydrogens (tertiary/aromatic N) is 2. The standard InChI is InChI=1S/C16H14ClF3N2S/c1-2-23-10-15(16(18,19)20)11-5-3-4-6-13(11)22(17)14-9-21-8-7-12(14)15/h3-9H,2,10H2,1H3. The molecule has 0 spiro atoms. The molecule has 0 amide bonds. The van der Waals surface area contributed by atoms with Crippen LogP contribution in [0.15, 0.2) is 42.7 Å². The van der Waals surface area contributed by atoms with Crippen LogP contribution < -0.4 is 4.42 Å². The monoisotopic (exact) mass is 358 g/mol. The van der Waals surface area contributed by atoms with Gasteiger partial charge >= 0.3 is 6.18 Å². The van der Waals surface area contributed by atoms with E-state index in [0.29, 0.717) is 11.4 Å². The van der Waals surface area contributed by atoms with Crippen LogP contribution in [0.2, 0.25) is 0 Å². The van der Waals surface area contributed by atoms with Crippen molar-refractivity contribution in [1.82, 2.24) is 4.98 Å². The number of halogens is 4. The van der Waals surface area contributed by atoms with Crippen LogP contribution in [-0.2, 0) is 5.41 Å². The molecule has 1 unspecified atom stereocenters. The van der Waals surface area contributed by atoms with Gasteiger partial charge in [-0.2, -0.15) is 24.9 Å². The van der Waals surface area contributed by atoms with E-state index in [1.54, 1.807) is 18.2 Å². The Morgan fingerprint density at radius 3 is 2.57 bits per heavy atom. The van der Waals surface area contributed by atoms with Gasteiger partial charge in [0.2, 0.25) is 0 Å². The fourth-order valence-corrected chi connectivity index (χ4v) is 4.25. The second-order valence-electron chi connectivity index (χ2n) is 5.23. The second kappa shape index (κ2) is 5.91. The summed E-state index contributed by atoms with van der Waals surface area (Å²) >= 11 is 7.58. The van der Waals surface area contributed by atoms with Crippen molar-refractivity contribution >= 4 is 34.9 Å². The zero-order valence-corrected chi connectivity index (χ0v) is 13.8. The van der Waals surface area contributed by atoms with Crippen molar-refractivity contribution in [3.8, 4) is 0 Å². The molecular weight excluding hydrogens is 345 g/mol. The number of benzene rings is 1. The van der Waals surface area contributed by atoms with E-state index in [0.717, 1.165) is 0 Å². The molecule has 2 heterocycles. The summed E-state index contributed by atoms with van der Waals surface area (Å²) in [7, 11) is 0. The summed E-state index contributed by atoms with van der Waals surface area (Å²) in [5.41, 5.74) is -1.13. The first-order chi connectivity index (χ1) is 10.9. The highest BCUT2D eigenvalue weighted by Crippen LogP contribution is 2.57. The van der Waals surface area contributed by atoms with Crippen LogP contribution in [0.3, 0.4) is 0 Å². The molecule has 1 aromatic heterocycles. The molecule has 0 bridgehead atoms. The maximum absolute atomic E-state index is 14.3. The molecule has 0 saturated carbocycles. The number of thioether (sulfide) groups is 1. The van der Waals surface area contributed by atoms with Gasteiger partial charge in [0.25, 0.3) is 0 Å². The summed E-state index contributed by atoms with van der Waals surface area (Å²) < 4.78 is 44.2. The third-order valence-corrected chi connectivity index (χ3v) is 5.46. The highest BCUT2D eigenvalue weighted by Gasteiger charge is 2.60. The van der Waals surface area contributed by atoms with E-state index in [9.17, 15) is 13.2 Å². The zero-order valence-electron chi connectivity index (χ0n) is 12.3. The average molecular weight is 359 g/mol. The van der Waals surface area contributed by atoms with Gasteiger partial charge in [-0.3, -0.25) is 9.40 Å². The van der Waals surface area contributed by atoms with Crippen LogP contribution in [0.1, 0.15) is 18.1 Å². The molecule has 122 valence electrons. The number of aromatic nitrogens is 1. The lowest BCUT2D eigenvalue weighted by Crippen LogP contribution is -2.48. The van der Waals surface area contributed by atoms with Crippen LogP contribution >= 0.6 is 23.5 Å². The molecule has 1 aliphatic heterocycles. The molecular formula is C16H14ClF3N2S. The number of hydrogen-bond acceptors (Lipinski definition) is 3. The third kappa shape index (κ3) is 2.39. The van der Waals surface area contributed by atoms with Gasteiger partial charge in [-0.15, -0.1) is 0 Å². The first-order valence-corrected chi connectivity index (χ1v) is 8.57. The fraction of sp³-hybridized carbons (Fsp3) is 0.312. The molecule has 0 aliphatic carbocycles. The quantitative estimate of drug-likeness (QED) is 0.694. The second-order valence-corrected chi connectivity index (χ2v) is 6.84. The molecule has 0 saturated heterocycles. The maximum Gasteiger partial charge on any atom is 0.403 e. The number of anilines is 2. The normalized spacial score (nSPS) is 20.1. The van der Waals surface area contributed by atoms with Crippen LogP contribution in [0.4, 0.5) is 24.5 Å². The molecule has 1 aromatic carbocycles. The minimum Gasteiger partial charge on any atom is -0.262 e. The molecule has 1 aliphatic rings. The molecule has 2 aromatic rings. The number of pyridine rings is 1. The van der Waals surface area contributed by atoms with Crippen molar-refractivity contribution in [3.05, 3.63) is 53.9 Å². The van der Waals surface area contributed by atoms with E-state index in [-0.39, 0.29) is 22.6 Å². The number of alkyl halides is 3. The molecule has 0 N–H and O–H groups in total. The summed E-state index contributed by atoms with van der Waals surface area (Å²) in [5.74, 6) is 0.511. The minimum absolute atomic E-state index is 0.0915. The molecule has 0 fully saturated rings. The fourth-order valence-electron chi connectivity index (χ4n) is 2.98. The smallest absolute Gasteiger partial charge is 0.262 e. The lowest BCUT2D eigenvalue weighted by molar-refractivity contribution is -0.171. The average Bonchev–Trinajstić information content (AvgIpc) is 2.54. The Bertz CT molecular complexity index is 673. The van der Waals surface area contributed by atoms with Gasteiger partial charge in [0.15, 0.2) is 0 Å². The summed E-state index contributed by atoms with van der Waals surface area (Å²) in [6.07, 6.45) is -1.68. The van der Waals surface area contributed by atoms with Crippen molar-refractivity contribution in [2.75, 3.05) is 15.9 Å². The molecule has 1 atom stereocenters. The van der Waals surface area contributed by atoms with Crippen molar-refractivity contribution in [3.63, 3.8) is 0 Å². The van der Waals surface area contributed by atoms with E-state index in [2.05, 4.69) is 4.98 Å². The Labute approximate surface area is 141 Å². The lowest BCUT2D eigenvalue weighted by Gasteiger charge is -2.43. The van der Waals surface area contributed by atoms with E-state index >= 15 is 0 Å². The molecule has 2 nitrogen and oxygen atoms in total. The van der Waals surface area contributed by atoms with Gasteiger partial charge in [-0.1, -0.05) is 25.1 Å². The Morgan fingerprint density at radius 2 is 1.87 bits per heavy atom. The van der Waals surface area contributed by atoms with Crippen LogP contribution in [0.5, 0.6) is 0 Å². The lowest BCUT2D eigenvalue weighted by atomic mass is 9.72. The largest absolute Gasteiger partial charge is 0.403 e. The Morgan fingerprint density at radius 1 is 1.17 bits per heavy atom. The molecule has 3 rings (SSSR count). The first-order valence-electron chi connectivity index (χ1n) is 7.08. The molecule has 7 heteroatoms. The van der Waals surface area contributed by atoms with Crippen LogP contribution in [0.25, 0.3) is 0 Å². The number of para-hydroxylation sites is 1. The topological polar surface area (TPSA) is 16.1 Å². The van der Waals surface area contributed by atoms with Crippen LogP contribution in [-0.4, -0.2) is 22.7 Å².